The van der Waals surface area contributed by atoms with E-state index in [2.05, 4.69) is 21.6 Å². The quantitative estimate of drug-likeness (QED) is 0.516. The normalized spacial score (nSPS) is 10.7. The maximum atomic E-state index is 12.9. The molecular weight excluding hydrogens is 410 g/mol. The highest BCUT2D eigenvalue weighted by Gasteiger charge is 2.22. The Kier molecular flexibility index (Phi) is 5.43. The number of hydrogen-bond donors (Lipinski definition) is 1. The van der Waals surface area contributed by atoms with Crippen molar-refractivity contribution in [3.05, 3.63) is 81.0 Å². The standard InChI is InChI=1S/C23H19N5O4/c1-13-9-17(31-12-16-6-4-5-15(10-16)11-24)7-8-18(13)25-22(29)20-19-14(2)32-27-21(19)23(30)28(3)26-20/h4-10H,12H2,1-3H3,(H,25,29). The van der Waals surface area contributed by atoms with Gasteiger partial charge in [0.1, 0.15) is 18.1 Å². The molecule has 0 aliphatic carbocycles. The van der Waals surface area contributed by atoms with E-state index in [1.807, 2.05) is 19.1 Å². The van der Waals surface area contributed by atoms with Crippen LogP contribution in [0.3, 0.4) is 0 Å². The van der Waals surface area contributed by atoms with Crippen LogP contribution in [0.15, 0.2) is 51.8 Å². The van der Waals surface area contributed by atoms with Gasteiger partial charge < -0.3 is 14.6 Å². The summed E-state index contributed by atoms with van der Waals surface area (Å²) in [6, 6.07) is 14.6. The molecule has 0 spiro atoms. The largest absolute Gasteiger partial charge is 0.489 e. The molecule has 0 bridgehead atoms. The summed E-state index contributed by atoms with van der Waals surface area (Å²) in [4.78, 5) is 25.1. The smallest absolute Gasteiger partial charge is 0.296 e. The van der Waals surface area contributed by atoms with Gasteiger partial charge in [-0.25, -0.2) is 4.68 Å². The minimum absolute atomic E-state index is 0.0537. The molecule has 4 aromatic rings. The number of carbonyl (C=O) groups is 1. The summed E-state index contributed by atoms with van der Waals surface area (Å²) >= 11 is 0. The number of amides is 1. The minimum atomic E-state index is -0.484. The second kappa shape index (κ2) is 8.35. The molecule has 2 heterocycles. The van der Waals surface area contributed by atoms with Crippen molar-refractivity contribution in [2.75, 3.05) is 5.32 Å². The number of nitriles is 1. The molecule has 4 rings (SSSR count). The van der Waals surface area contributed by atoms with Crippen LogP contribution in [0, 0.1) is 25.2 Å². The van der Waals surface area contributed by atoms with Gasteiger partial charge in [-0.1, -0.05) is 17.3 Å². The van der Waals surface area contributed by atoms with Gasteiger partial charge in [-0.3, -0.25) is 9.59 Å². The number of fused-ring (bicyclic) bond motifs is 1. The summed E-state index contributed by atoms with van der Waals surface area (Å²) < 4.78 is 12.0. The van der Waals surface area contributed by atoms with E-state index in [0.29, 0.717) is 34.8 Å². The predicted octanol–water partition coefficient (Wildman–Crippen LogP) is 3.24. The first-order valence-electron chi connectivity index (χ1n) is 9.74. The molecule has 0 aliphatic heterocycles. The number of aryl methyl sites for hydroxylation is 3. The summed E-state index contributed by atoms with van der Waals surface area (Å²) in [5.41, 5.74) is 2.49. The summed E-state index contributed by atoms with van der Waals surface area (Å²) in [5.74, 6) is 0.485. The average Bonchev–Trinajstić information content (AvgIpc) is 3.18. The van der Waals surface area contributed by atoms with E-state index >= 15 is 0 Å². The molecule has 2 aromatic carbocycles. The highest BCUT2D eigenvalue weighted by molar-refractivity contribution is 6.11. The van der Waals surface area contributed by atoms with Gasteiger partial charge in [-0.15, -0.1) is 0 Å². The van der Waals surface area contributed by atoms with Crippen LogP contribution in [0.4, 0.5) is 5.69 Å². The van der Waals surface area contributed by atoms with Crippen LogP contribution in [0.5, 0.6) is 5.75 Å². The van der Waals surface area contributed by atoms with Gasteiger partial charge >= 0.3 is 0 Å². The third kappa shape index (κ3) is 3.94. The molecule has 0 atom stereocenters. The number of hydrogen-bond acceptors (Lipinski definition) is 7. The lowest BCUT2D eigenvalue weighted by Crippen LogP contribution is -2.25. The fourth-order valence-electron chi connectivity index (χ4n) is 3.30. The van der Waals surface area contributed by atoms with Crippen LogP contribution < -0.4 is 15.6 Å². The first-order valence-corrected chi connectivity index (χ1v) is 9.74. The Morgan fingerprint density at radius 1 is 1.25 bits per heavy atom. The number of nitrogens with zero attached hydrogens (tertiary/aromatic N) is 4. The molecule has 0 aliphatic rings. The first-order chi connectivity index (χ1) is 15.4. The summed E-state index contributed by atoms with van der Waals surface area (Å²) in [6.45, 7) is 3.78. The Labute approximate surface area is 182 Å². The second-order valence-corrected chi connectivity index (χ2v) is 7.27. The van der Waals surface area contributed by atoms with Gasteiger partial charge in [0.05, 0.1) is 17.0 Å². The number of benzene rings is 2. The highest BCUT2D eigenvalue weighted by Crippen LogP contribution is 2.24. The van der Waals surface area contributed by atoms with Gasteiger partial charge in [0.25, 0.3) is 11.5 Å². The van der Waals surface area contributed by atoms with Crippen molar-refractivity contribution in [1.29, 1.82) is 5.26 Å². The molecule has 1 amide bonds. The van der Waals surface area contributed by atoms with E-state index in [9.17, 15) is 9.59 Å². The van der Waals surface area contributed by atoms with E-state index < -0.39 is 11.5 Å². The maximum Gasteiger partial charge on any atom is 0.296 e. The van der Waals surface area contributed by atoms with E-state index in [-0.39, 0.29) is 11.2 Å². The molecule has 0 unspecified atom stereocenters. The van der Waals surface area contributed by atoms with Crippen LogP contribution >= 0.6 is 0 Å². The number of ether oxygens (including phenoxy) is 1. The van der Waals surface area contributed by atoms with Crippen LogP contribution in [0.2, 0.25) is 0 Å². The second-order valence-electron chi connectivity index (χ2n) is 7.27. The van der Waals surface area contributed by atoms with E-state index in [4.69, 9.17) is 14.5 Å². The molecule has 0 fully saturated rings. The fourth-order valence-corrected chi connectivity index (χ4v) is 3.30. The maximum absolute atomic E-state index is 12.9. The molecule has 1 N–H and O–H groups in total. The van der Waals surface area contributed by atoms with Crippen molar-refractivity contribution in [2.45, 2.75) is 20.5 Å². The lowest BCUT2D eigenvalue weighted by atomic mass is 10.1. The van der Waals surface area contributed by atoms with Crippen LogP contribution in [-0.4, -0.2) is 20.8 Å². The van der Waals surface area contributed by atoms with Crippen molar-refractivity contribution < 1.29 is 14.1 Å². The Balaban J connectivity index is 1.53. The number of rotatable bonds is 5. The average molecular weight is 429 g/mol. The van der Waals surface area contributed by atoms with Crippen LogP contribution in [-0.2, 0) is 13.7 Å². The van der Waals surface area contributed by atoms with Gasteiger partial charge in [-0.2, -0.15) is 10.4 Å². The summed E-state index contributed by atoms with van der Waals surface area (Å²) in [7, 11) is 1.45. The molecule has 0 radical (unpaired) electrons. The highest BCUT2D eigenvalue weighted by atomic mass is 16.5. The van der Waals surface area contributed by atoms with Crippen LogP contribution in [0.25, 0.3) is 10.9 Å². The molecule has 32 heavy (non-hydrogen) atoms. The zero-order valence-electron chi connectivity index (χ0n) is 17.7. The third-order valence-corrected chi connectivity index (χ3v) is 4.97. The number of carbonyl (C=O) groups excluding carboxylic acids is 1. The van der Waals surface area contributed by atoms with Crippen molar-refractivity contribution in [3.63, 3.8) is 0 Å². The van der Waals surface area contributed by atoms with E-state index in [0.717, 1.165) is 15.8 Å². The molecular formula is C23H19N5O4. The number of aromatic nitrogens is 3. The molecule has 9 heteroatoms. The molecule has 9 nitrogen and oxygen atoms in total. The Hall–Kier alpha value is -4.45. The van der Waals surface area contributed by atoms with Crippen molar-refractivity contribution in [2.24, 2.45) is 7.05 Å². The lowest BCUT2D eigenvalue weighted by molar-refractivity contribution is 0.102. The van der Waals surface area contributed by atoms with Gasteiger partial charge in [0, 0.05) is 12.7 Å². The molecule has 160 valence electrons. The fraction of sp³-hybridized carbons (Fsp3) is 0.174. The first kappa shape index (κ1) is 20.8. The van der Waals surface area contributed by atoms with E-state index in [1.54, 1.807) is 37.3 Å². The van der Waals surface area contributed by atoms with Gasteiger partial charge in [0.2, 0.25) is 0 Å². The van der Waals surface area contributed by atoms with E-state index in [1.165, 1.54) is 7.05 Å². The van der Waals surface area contributed by atoms with Gasteiger partial charge in [-0.05, 0) is 55.3 Å². The molecule has 0 saturated carbocycles. The molecule has 2 aromatic heterocycles. The summed E-state index contributed by atoms with van der Waals surface area (Å²) in [6.07, 6.45) is 0. The van der Waals surface area contributed by atoms with Crippen molar-refractivity contribution >= 4 is 22.5 Å². The monoisotopic (exact) mass is 429 g/mol. The van der Waals surface area contributed by atoms with Gasteiger partial charge in [0.15, 0.2) is 11.2 Å². The topological polar surface area (TPSA) is 123 Å². The lowest BCUT2D eigenvalue weighted by Gasteiger charge is -2.12. The Morgan fingerprint density at radius 2 is 2.06 bits per heavy atom. The van der Waals surface area contributed by atoms with Crippen LogP contribution in [0.1, 0.15) is 32.9 Å². The third-order valence-electron chi connectivity index (χ3n) is 4.97. The zero-order chi connectivity index (χ0) is 22.8. The minimum Gasteiger partial charge on any atom is -0.489 e. The zero-order valence-corrected chi connectivity index (χ0v) is 17.7. The Bertz CT molecular complexity index is 1450. The molecule has 0 saturated heterocycles. The Morgan fingerprint density at radius 3 is 2.81 bits per heavy atom. The number of anilines is 1. The van der Waals surface area contributed by atoms with Crippen molar-refractivity contribution in [1.82, 2.24) is 14.9 Å². The van der Waals surface area contributed by atoms with Crippen molar-refractivity contribution in [3.8, 4) is 11.8 Å². The summed E-state index contributed by atoms with van der Waals surface area (Å²) in [5, 5.41) is 20.0. The predicted molar refractivity (Wildman–Crippen MR) is 116 cm³/mol. The SMILES string of the molecule is Cc1cc(OCc2cccc(C#N)c2)ccc1NC(=O)c1nn(C)c(=O)c2noc(C)c12. The number of nitrogens with one attached hydrogen (secondary N) is 1.